The van der Waals surface area contributed by atoms with Gasteiger partial charge < -0.3 is 10.4 Å². The fourth-order valence-electron chi connectivity index (χ4n) is 1.61. The number of thiocarbonyl (C=S) groups is 1. The van der Waals surface area contributed by atoms with Gasteiger partial charge in [-0.1, -0.05) is 46.4 Å². The van der Waals surface area contributed by atoms with E-state index in [0.717, 1.165) is 0 Å². The molecule has 1 amide bonds. The van der Waals surface area contributed by atoms with Crippen LogP contribution in [0.25, 0.3) is 0 Å². The van der Waals surface area contributed by atoms with Gasteiger partial charge in [-0.05, 0) is 42.5 Å². The summed E-state index contributed by atoms with van der Waals surface area (Å²) >= 11 is 28.3. The number of hydrogen-bond donors (Lipinski definition) is 3. The predicted molar refractivity (Wildman–Crippen MR) is 98.3 cm³/mol. The van der Waals surface area contributed by atoms with E-state index in [1.54, 1.807) is 0 Å². The van der Waals surface area contributed by atoms with Gasteiger partial charge in [0.25, 0.3) is 5.91 Å². The molecule has 2 rings (SSSR count). The third kappa shape index (κ3) is 4.62. The number of aromatic hydroxyl groups is 1. The molecule has 0 heterocycles. The molecule has 0 bridgehead atoms. The molecule has 0 atom stereocenters. The summed E-state index contributed by atoms with van der Waals surface area (Å²) in [7, 11) is 0. The molecule has 4 nitrogen and oxygen atoms in total. The summed E-state index contributed by atoms with van der Waals surface area (Å²) in [4.78, 5) is 12.1. The molecule has 2 aromatic rings. The zero-order valence-corrected chi connectivity index (χ0v) is 15.0. The third-order valence-electron chi connectivity index (χ3n) is 2.68. The molecule has 23 heavy (non-hydrogen) atoms. The molecule has 3 N–H and O–H groups in total. The van der Waals surface area contributed by atoms with E-state index in [1.165, 1.54) is 30.3 Å². The predicted octanol–water partition coefficient (Wildman–Crippen LogP) is 5.13. The molecular weight excluding hydrogens is 402 g/mol. The Hall–Kier alpha value is -1.24. The molecule has 0 saturated heterocycles. The van der Waals surface area contributed by atoms with E-state index in [0.29, 0.717) is 16.3 Å². The highest BCUT2D eigenvalue weighted by atomic mass is 35.5. The molecule has 120 valence electrons. The molecule has 0 spiro atoms. The van der Waals surface area contributed by atoms with Gasteiger partial charge >= 0.3 is 0 Å². The van der Waals surface area contributed by atoms with Crippen LogP contribution in [0.4, 0.5) is 5.69 Å². The average Bonchev–Trinajstić information content (AvgIpc) is 2.47. The molecule has 2 aromatic carbocycles. The fourth-order valence-corrected chi connectivity index (χ4v) is 2.61. The van der Waals surface area contributed by atoms with Crippen LogP contribution in [0.3, 0.4) is 0 Å². The van der Waals surface area contributed by atoms with Crippen LogP contribution in [0.2, 0.25) is 20.1 Å². The number of anilines is 1. The van der Waals surface area contributed by atoms with Crippen molar-refractivity contribution in [2.75, 3.05) is 5.32 Å². The van der Waals surface area contributed by atoms with Crippen molar-refractivity contribution in [3.63, 3.8) is 0 Å². The minimum Gasteiger partial charge on any atom is -0.505 e. The number of hydrogen-bond acceptors (Lipinski definition) is 3. The van der Waals surface area contributed by atoms with Crippen molar-refractivity contribution in [2.45, 2.75) is 0 Å². The van der Waals surface area contributed by atoms with Gasteiger partial charge in [0.05, 0.1) is 20.1 Å². The smallest absolute Gasteiger partial charge is 0.257 e. The van der Waals surface area contributed by atoms with Gasteiger partial charge in [0, 0.05) is 11.3 Å². The largest absolute Gasteiger partial charge is 0.505 e. The minimum atomic E-state index is -0.461. The maximum atomic E-state index is 12.1. The molecule has 0 aliphatic carbocycles. The first-order valence-corrected chi connectivity index (χ1v) is 7.95. The summed E-state index contributed by atoms with van der Waals surface area (Å²) in [6, 6.07) is 7.28. The van der Waals surface area contributed by atoms with Crippen molar-refractivity contribution in [1.29, 1.82) is 0 Å². The lowest BCUT2D eigenvalue weighted by molar-refractivity contribution is 0.0977. The molecule has 9 heteroatoms. The van der Waals surface area contributed by atoms with E-state index in [4.69, 9.17) is 58.6 Å². The maximum Gasteiger partial charge on any atom is 0.257 e. The van der Waals surface area contributed by atoms with Crippen LogP contribution < -0.4 is 10.6 Å². The number of amides is 1. The van der Waals surface area contributed by atoms with Gasteiger partial charge in [-0.15, -0.1) is 0 Å². The summed E-state index contributed by atoms with van der Waals surface area (Å²) < 4.78 is 0. The monoisotopic (exact) mass is 408 g/mol. The van der Waals surface area contributed by atoms with Crippen molar-refractivity contribution in [3.8, 4) is 5.75 Å². The second-order valence-electron chi connectivity index (χ2n) is 4.33. The van der Waals surface area contributed by atoms with Gasteiger partial charge in [-0.3, -0.25) is 10.1 Å². The zero-order valence-electron chi connectivity index (χ0n) is 11.2. The van der Waals surface area contributed by atoms with Gasteiger partial charge in [-0.2, -0.15) is 0 Å². The number of rotatable bonds is 2. The van der Waals surface area contributed by atoms with Gasteiger partial charge in [0.15, 0.2) is 10.9 Å². The maximum absolute atomic E-state index is 12.1. The molecular formula is C14H8Cl4N2O2S. The first-order chi connectivity index (χ1) is 10.8. The van der Waals surface area contributed by atoms with Gasteiger partial charge in [-0.25, -0.2) is 0 Å². The highest BCUT2D eigenvalue weighted by Crippen LogP contribution is 2.34. The minimum absolute atomic E-state index is 0.0268. The van der Waals surface area contributed by atoms with Crippen LogP contribution in [0.5, 0.6) is 5.75 Å². The molecule has 0 aromatic heterocycles. The molecule has 0 unspecified atom stereocenters. The second kappa shape index (κ2) is 7.55. The Morgan fingerprint density at radius 2 is 1.57 bits per heavy atom. The third-order valence-corrected chi connectivity index (χ3v) is 4.20. The summed E-state index contributed by atoms with van der Waals surface area (Å²) in [5.74, 6) is -0.693. The first-order valence-electron chi connectivity index (χ1n) is 6.03. The number of benzene rings is 2. The Balaban J connectivity index is 2.07. The van der Waals surface area contributed by atoms with Crippen molar-refractivity contribution < 1.29 is 9.90 Å². The lowest BCUT2D eigenvalue weighted by Crippen LogP contribution is -2.34. The Labute approximate surface area is 157 Å². The van der Waals surface area contributed by atoms with E-state index in [9.17, 15) is 9.90 Å². The van der Waals surface area contributed by atoms with Crippen molar-refractivity contribution in [1.82, 2.24) is 5.32 Å². The SMILES string of the molecule is O=C(NC(=S)Nc1cc(Cl)c(O)c(Cl)c1)c1ccc(Cl)c(Cl)c1. The van der Waals surface area contributed by atoms with E-state index < -0.39 is 5.91 Å². The average molecular weight is 410 g/mol. The molecule has 0 aliphatic rings. The normalized spacial score (nSPS) is 10.3. The standard InChI is InChI=1S/C14H8Cl4N2O2S/c15-8-2-1-6(3-9(8)16)13(22)20-14(23)19-7-4-10(17)12(21)11(18)5-7/h1-5,21H,(H2,19,20,22,23). The molecule has 0 fully saturated rings. The van der Waals surface area contributed by atoms with E-state index in [-0.39, 0.29) is 25.9 Å². The van der Waals surface area contributed by atoms with Crippen LogP contribution in [0, 0.1) is 0 Å². The van der Waals surface area contributed by atoms with Crippen LogP contribution in [-0.4, -0.2) is 16.1 Å². The Kier molecular flexibility index (Phi) is 5.95. The number of carbonyl (C=O) groups is 1. The number of phenols is 1. The number of phenolic OH excluding ortho intramolecular Hbond substituents is 1. The van der Waals surface area contributed by atoms with Crippen LogP contribution >= 0.6 is 58.6 Å². The van der Waals surface area contributed by atoms with Crippen LogP contribution in [0.1, 0.15) is 10.4 Å². The Morgan fingerprint density at radius 1 is 0.957 bits per heavy atom. The highest BCUT2D eigenvalue weighted by molar-refractivity contribution is 7.80. The summed E-state index contributed by atoms with van der Waals surface area (Å²) in [5.41, 5.74) is 0.711. The topological polar surface area (TPSA) is 61.4 Å². The van der Waals surface area contributed by atoms with Crippen molar-refractivity contribution in [2.24, 2.45) is 0 Å². The summed E-state index contributed by atoms with van der Waals surface area (Å²) in [6.07, 6.45) is 0. The number of halogens is 4. The van der Waals surface area contributed by atoms with E-state index >= 15 is 0 Å². The molecule has 0 saturated carbocycles. The summed E-state index contributed by atoms with van der Waals surface area (Å²) in [5, 5.41) is 15.4. The van der Waals surface area contributed by atoms with Gasteiger partial charge in [0.2, 0.25) is 0 Å². The first kappa shape index (κ1) is 18.1. The van der Waals surface area contributed by atoms with E-state index in [2.05, 4.69) is 10.6 Å². The number of carbonyl (C=O) groups excluding carboxylic acids is 1. The Morgan fingerprint density at radius 3 is 2.13 bits per heavy atom. The number of nitrogens with one attached hydrogen (secondary N) is 2. The fraction of sp³-hybridized carbons (Fsp3) is 0. The van der Waals surface area contributed by atoms with Crippen molar-refractivity contribution >= 4 is 75.3 Å². The van der Waals surface area contributed by atoms with Crippen LogP contribution in [-0.2, 0) is 0 Å². The lowest BCUT2D eigenvalue weighted by Gasteiger charge is -2.11. The van der Waals surface area contributed by atoms with E-state index in [1.807, 2.05) is 0 Å². The van der Waals surface area contributed by atoms with Crippen molar-refractivity contribution in [3.05, 3.63) is 56.0 Å². The Bertz CT molecular complexity index is 775. The van der Waals surface area contributed by atoms with Gasteiger partial charge in [0.1, 0.15) is 0 Å². The lowest BCUT2D eigenvalue weighted by atomic mass is 10.2. The zero-order chi connectivity index (χ0) is 17.1. The molecule has 0 aliphatic heterocycles. The molecule has 0 radical (unpaired) electrons. The quantitative estimate of drug-likeness (QED) is 0.475. The highest BCUT2D eigenvalue weighted by Gasteiger charge is 2.12. The van der Waals surface area contributed by atoms with Crippen LogP contribution in [0.15, 0.2) is 30.3 Å². The second-order valence-corrected chi connectivity index (χ2v) is 6.36. The summed E-state index contributed by atoms with van der Waals surface area (Å²) in [6.45, 7) is 0.